The standard InChI is InChI=1S/C48H93NO5/c1-3-5-7-9-11-13-15-17-18-19-20-21-22-23-24-25-26-27-28-29-30-32-33-35-37-39-41-45(51)47(53)44(43-50)49-48(54)46(52)42-40-38-36-34-31-16-14-12-10-8-6-4-2/h31,34,38,40,44-47,50-53H,3-30,32-33,35-37,39,41-43H2,1-2H3,(H,49,54)/b34-31-,40-38-. The Bertz CT molecular complexity index is 817. The number of hydrogen-bond acceptors (Lipinski definition) is 5. The third-order valence-electron chi connectivity index (χ3n) is 11.2. The number of carbonyl (C=O) groups excluding carboxylic acids is 1. The Labute approximate surface area is 335 Å². The molecule has 6 heteroatoms. The van der Waals surface area contributed by atoms with Crippen LogP contribution in [0, 0.1) is 0 Å². The number of allylic oxidation sites excluding steroid dienone is 3. The van der Waals surface area contributed by atoms with Crippen LogP contribution in [0.5, 0.6) is 0 Å². The van der Waals surface area contributed by atoms with Crippen molar-refractivity contribution in [2.75, 3.05) is 6.61 Å². The van der Waals surface area contributed by atoms with Gasteiger partial charge in [0.25, 0.3) is 0 Å². The fourth-order valence-electron chi connectivity index (χ4n) is 7.39. The largest absolute Gasteiger partial charge is 0.394 e. The van der Waals surface area contributed by atoms with Gasteiger partial charge in [0, 0.05) is 6.42 Å². The molecule has 0 fully saturated rings. The molecule has 0 bridgehead atoms. The quantitative estimate of drug-likeness (QED) is 0.0314. The summed E-state index contributed by atoms with van der Waals surface area (Å²) in [6, 6.07) is -1.01. The second-order valence-corrected chi connectivity index (χ2v) is 16.5. The van der Waals surface area contributed by atoms with Crippen molar-refractivity contribution in [3.63, 3.8) is 0 Å². The SMILES string of the molecule is CCCCCCCC/C=C\C/C=C\CC(O)C(=O)NC(CO)C(O)C(O)CCCCCCCCCCCCCCCCCCCCCCCCCCCC. The van der Waals surface area contributed by atoms with Crippen LogP contribution < -0.4 is 5.32 Å². The van der Waals surface area contributed by atoms with Crippen LogP contribution in [0.1, 0.15) is 245 Å². The number of nitrogens with one attached hydrogen (secondary N) is 1. The monoisotopic (exact) mass is 764 g/mol. The van der Waals surface area contributed by atoms with E-state index in [2.05, 4.69) is 31.3 Å². The third-order valence-corrected chi connectivity index (χ3v) is 11.2. The minimum Gasteiger partial charge on any atom is -0.394 e. The molecule has 0 radical (unpaired) electrons. The van der Waals surface area contributed by atoms with Crippen molar-refractivity contribution in [2.24, 2.45) is 0 Å². The molecule has 0 rings (SSSR count). The van der Waals surface area contributed by atoms with E-state index in [-0.39, 0.29) is 6.42 Å². The van der Waals surface area contributed by atoms with Gasteiger partial charge >= 0.3 is 0 Å². The first kappa shape index (κ1) is 52.8. The molecule has 0 saturated heterocycles. The topological polar surface area (TPSA) is 110 Å². The number of carbonyl (C=O) groups is 1. The van der Waals surface area contributed by atoms with E-state index in [1.165, 1.54) is 186 Å². The van der Waals surface area contributed by atoms with Gasteiger partial charge in [-0.1, -0.05) is 237 Å². The van der Waals surface area contributed by atoms with Gasteiger partial charge in [0.15, 0.2) is 0 Å². The van der Waals surface area contributed by atoms with Gasteiger partial charge in [0.1, 0.15) is 12.2 Å². The zero-order valence-electron chi connectivity index (χ0n) is 36.0. The maximum absolute atomic E-state index is 12.4. The second-order valence-electron chi connectivity index (χ2n) is 16.5. The highest BCUT2D eigenvalue weighted by Crippen LogP contribution is 2.17. The summed E-state index contributed by atoms with van der Waals surface area (Å²) in [5.74, 6) is -0.649. The number of aliphatic hydroxyl groups is 4. The summed E-state index contributed by atoms with van der Waals surface area (Å²) in [5.41, 5.74) is 0. The van der Waals surface area contributed by atoms with E-state index in [0.29, 0.717) is 6.42 Å². The first-order valence-corrected chi connectivity index (χ1v) is 23.7. The second kappa shape index (κ2) is 42.9. The summed E-state index contributed by atoms with van der Waals surface area (Å²) >= 11 is 0. The number of aliphatic hydroxyl groups excluding tert-OH is 4. The number of hydrogen-bond donors (Lipinski definition) is 5. The molecular formula is C48H93NO5. The Hall–Kier alpha value is -1.21. The minimum atomic E-state index is -1.28. The van der Waals surface area contributed by atoms with Crippen LogP contribution in [0.15, 0.2) is 24.3 Å². The average molecular weight is 764 g/mol. The zero-order valence-corrected chi connectivity index (χ0v) is 36.0. The molecule has 6 nitrogen and oxygen atoms in total. The van der Waals surface area contributed by atoms with Gasteiger partial charge in [-0.15, -0.1) is 0 Å². The molecule has 320 valence electrons. The van der Waals surface area contributed by atoms with Crippen LogP contribution in [0.4, 0.5) is 0 Å². The van der Waals surface area contributed by atoms with E-state index in [1.807, 2.05) is 6.08 Å². The highest BCUT2D eigenvalue weighted by molar-refractivity contribution is 5.81. The molecule has 0 aliphatic heterocycles. The number of unbranched alkanes of at least 4 members (excludes halogenated alkanes) is 31. The van der Waals surface area contributed by atoms with Crippen LogP contribution in [0.2, 0.25) is 0 Å². The van der Waals surface area contributed by atoms with Crippen molar-refractivity contribution < 1.29 is 25.2 Å². The summed E-state index contributed by atoms with van der Waals surface area (Å²) in [6.45, 7) is 4.02. The molecule has 5 N–H and O–H groups in total. The molecule has 4 unspecified atom stereocenters. The Morgan fingerprint density at radius 3 is 1.22 bits per heavy atom. The molecule has 0 aliphatic carbocycles. The lowest BCUT2D eigenvalue weighted by molar-refractivity contribution is -0.132. The van der Waals surface area contributed by atoms with E-state index in [4.69, 9.17) is 0 Å². The zero-order chi connectivity index (χ0) is 39.6. The highest BCUT2D eigenvalue weighted by Gasteiger charge is 2.28. The summed E-state index contributed by atoms with van der Waals surface area (Å²) < 4.78 is 0. The summed E-state index contributed by atoms with van der Waals surface area (Å²) in [7, 11) is 0. The van der Waals surface area contributed by atoms with Gasteiger partial charge < -0.3 is 25.7 Å². The van der Waals surface area contributed by atoms with Gasteiger partial charge in [-0.05, 0) is 25.7 Å². The molecule has 0 saturated carbocycles. The van der Waals surface area contributed by atoms with Gasteiger partial charge in [-0.25, -0.2) is 0 Å². The molecule has 0 spiro atoms. The molecule has 4 atom stereocenters. The average Bonchev–Trinajstić information content (AvgIpc) is 3.18. The fourth-order valence-corrected chi connectivity index (χ4v) is 7.39. The van der Waals surface area contributed by atoms with Gasteiger partial charge in [-0.2, -0.15) is 0 Å². The highest BCUT2D eigenvalue weighted by atomic mass is 16.3. The molecule has 54 heavy (non-hydrogen) atoms. The lowest BCUT2D eigenvalue weighted by Crippen LogP contribution is -2.53. The van der Waals surface area contributed by atoms with Crippen LogP contribution in [-0.4, -0.2) is 57.3 Å². The van der Waals surface area contributed by atoms with Crippen molar-refractivity contribution in [1.82, 2.24) is 5.32 Å². The van der Waals surface area contributed by atoms with Crippen molar-refractivity contribution in [2.45, 2.75) is 269 Å². The lowest BCUT2D eigenvalue weighted by Gasteiger charge is -2.27. The number of rotatable bonds is 43. The van der Waals surface area contributed by atoms with Gasteiger partial charge in [0.05, 0.1) is 18.8 Å². The maximum Gasteiger partial charge on any atom is 0.249 e. The minimum absolute atomic E-state index is 0.160. The van der Waals surface area contributed by atoms with Gasteiger partial charge in [-0.3, -0.25) is 4.79 Å². The predicted octanol–water partition coefficient (Wildman–Crippen LogP) is 12.7. The van der Waals surface area contributed by atoms with Crippen molar-refractivity contribution in [1.29, 1.82) is 0 Å². The Kier molecular flexibility index (Phi) is 42.0. The predicted molar refractivity (Wildman–Crippen MR) is 233 cm³/mol. The molecule has 0 aromatic heterocycles. The van der Waals surface area contributed by atoms with Crippen LogP contribution in [0.3, 0.4) is 0 Å². The molecule has 0 aromatic rings. The first-order chi connectivity index (χ1) is 26.5. The van der Waals surface area contributed by atoms with E-state index >= 15 is 0 Å². The lowest BCUT2D eigenvalue weighted by atomic mass is 9.99. The summed E-state index contributed by atoms with van der Waals surface area (Å²) in [6.07, 6.45) is 49.6. The molecule has 0 aromatic carbocycles. The number of amides is 1. The van der Waals surface area contributed by atoms with E-state index in [1.54, 1.807) is 6.08 Å². The van der Waals surface area contributed by atoms with Crippen LogP contribution in [-0.2, 0) is 4.79 Å². The van der Waals surface area contributed by atoms with Gasteiger partial charge in [0.2, 0.25) is 5.91 Å². The first-order valence-electron chi connectivity index (χ1n) is 23.7. The third kappa shape index (κ3) is 36.4. The summed E-state index contributed by atoms with van der Waals surface area (Å²) in [5, 5.41) is 43.6. The van der Waals surface area contributed by atoms with E-state index < -0.39 is 36.9 Å². The fraction of sp³-hybridized carbons (Fsp3) is 0.896. The Morgan fingerprint density at radius 1 is 0.481 bits per heavy atom. The van der Waals surface area contributed by atoms with Crippen LogP contribution >= 0.6 is 0 Å². The molecule has 1 amide bonds. The molecule has 0 heterocycles. The van der Waals surface area contributed by atoms with E-state index in [9.17, 15) is 25.2 Å². The Balaban J connectivity index is 3.66. The molecule has 0 aliphatic rings. The summed E-state index contributed by atoms with van der Waals surface area (Å²) in [4.78, 5) is 12.4. The van der Waals surface area contributed by atoms with Crippen molar-refractivity contribution in [3.8, 4) is 0 Å². The maximum atomic E-state index is 12.4. The smallest absolute Gasteiger partial charge is 0.249 e. The Morgan fingerprint density at radius 2 is 0.833 bits per heavy atom. The van der Waals surface area contributed by atoms with Crippen molar-refractivity contribution >= 4 is 5.91 Å². The van der Waals surface area contributed by atoms with Crippen LogP contribution in [0.25, 0.3) is 0 Å². The normalized spacial score (nSPS) is 14.3. The molecular weight excluding hydrogens is 671 g/mol. The van der Waals surface area contributed by atoms with E-state index in [0.717, 1.165) is 32.1 Å². The van der Waals surface area contributed by atoms with Crippen molar-refractivity contribution in [3.05, 3.63) is 24.3 Å².